The van der Waals surface area contributed by atoms with Gasteiger partial charge in [0.2, 0.25) is 0 Å². The number of halogens is 2. The molecule has 0 spiro atoms. The number of anilines is 1. The molecule has 0 radical (unpaired) electrons. The van der Waals surface area contributed by atoms with Crippen LogP contribution in [0.25, 0.3) is 5.69 Å². The molecule has 2 rings (SSSR count). The number of nitriles is 1. The fraction of sp³-hybridized carbons (Fsp3) is 0.0769. The molecule has 1 heterocycles. The number of hydrogen-bond donors (Lipinski definition) is 2. The second-order valence-electron chi connectivity index (χ2n) is 4.03. The van der Waals surface area contributed by atoms with Gasteiger partial charge in [0.1, 0.15) is 11.9 Å². The van der Waals surface area contributed by atoms with Crippen LogP contribution < -0.4 is 5.73 Å². The number of carbonyl (C=O) groups excluding carboxylic acids is 1. The van der Waals surface area contributed by atoms with Crippen LogP contribution in [0.15, 0.2) is 23.2 Å². The predicted octanol–water partition coefficient (Wildman–Crippen LogP) is 2.28. The summed E-state index contributed by atoms with van der Waals surface area (Å²) in [4.78, 5) is 11.7. The molecule has 8 heteroatoms. The third-order valence-electron chi connectivity index (χ3n) is 2.79. The number of nitrogens with zero attached hydrogens (tertiary/aromatic N) is 2. The molecular formula is C13H9F2N3O2S. The Labute approximate surface area is 123 Å². The van der Waals surface area contributed by atoms with Gasteiger partial charge in [-0.25, -0.2) is 13.6 Å². The van der Waals surface area contributed by atoms with E-state index in [1.165, 1.54) is 0 Å². The summed E-state index contributed by atoms with van der Waals surface area (Å²) < 4.78 is 32.7. The molecule has 21 heavy (non-hydrogen) atoms. The minimum Gasteiger partial charge on any atom is -0.464 e. The maximum Gasteiger partial charge on any atom is 0.357 e. The Kier molecular flexibility index (Phi) is 3.86. The van der Waals surface area contributed by atoms with Crippen LogP contribution in [0.2, 0.25) is 0 Å². The van der Waals surface area contributed by atoms with Crippen molar-refractivity contribution in [2.75, 3.05) is 12.8 Å². The molecule has 0 bridgehead atoms. The SMILES string of the molecule is COC(=O)c1c(N)c(C#N)cn1-c1c(F)cc(F)cc1S. The van der Waals surface area contributed by atoms with Crippen molar-refractivity contribution in [2.24, 2.45) is 0 Å². The van der Waals surface area contributed by atoms with Gasteiger partial charge in [-0.3, -0.25) is 0 Å². The maximum absolute atomic E-state index is 14.0. The summed E-state index contributed by atoms with van der Waals surface area (Å²) in [5.74, 6) is -2.63. The van der Waals surface area contributed by atoms with E-state index in [2.05, 4.69) is 17.4 Å². The van der Waals surface area contributed by atoms with Crippen molar-refractivity contribution in [3.8, 4) is 11.8 Å². The van der Waals surface area contributed by atoms with Gasteiger partial charge in [-0.05, 0) is 6.07 Å². The summed E-state index contributed by atoms with van der Waals surface area (Å²) in [6, 6.07) is 3.39. The largest absolute Gasteiger partial charge is 0.464 e. The number of carbonyl (C=O) groups is 1. The van der Waals surface area contributed by atoms with E-state index in [1.807, 2.05) is 0 Å². The van der Waals surface area contributed by atoms with Crippen LogP contribution >= 0.6 is 12.6 Å². The monoisotopic (exact) mass is 309 g/mol. The van der Waals surface area contributed by atoms with E-state index in [4.69, 9.17) is 11.0 Å². The van der Waals surface area contributed by atoms with E-state index < -0.39 is 17.6 Å². The Hall–Kier alpha value is -2.53. The first-order chi connectivity index (χ1) is 9.90. The fourth-order valence-corrected chi connectivity index (χ4v) is 2.22. The van der Waals surface area contributed by atoms with Crippen molar-refractivity contribution < 1.29 is 18.3 Å². The second-order valence-corrected chi connectivity index (χ2v) is 4.52. The molecule has 0 saturated heterocycles. The molecular weight excluding hydrogens is 300 g/mol. The average molecular weight is 309 g/mol. The standard InChI is InChI=1S/C13H9F2N3O2S/c1-20-13(19)12-10(17)6(4-16)5-18(12)11-8(15)2-7(14)3-9(11)21/h2-3,5,21H,17H2,1H3. The van der Waals surface area contributed by atoms with Gasteiger partial charge in [0.15, 0.2) is 11.5 Å². The average Bonchev–Trinajstić information content (AvgIpc) is 2.73. The van der Waals surface area contributed by atoms with Crippen LogP contribution in [0.1, 0.15) is 16.1 Å². The number of ether oxygens (including phenoxy) is 1. The number of rotatable bonds is 2. The van der Waals surface area contributed by atoms with Crippen molar-refractivity contribution in [2.45, 2.75) is 4.90 Å². The Morgan fingerprint density at radius 1 is 1.48 bits per heavy atom. The van der Waals surface area contributed by atoms with E-state index in [9.17, 15) is 13.6 Å². The third-order valence-corrected chi connectivity index (χ3v) is 3.13. The Bertz CT molecular complexity index is 757. The maximum atomic E-state index is 14.0. The van der Waals surface area contributed by atoms with Gasteiger partial charge < -0.3 is 15.0 Å². The molecule has 108 valence electrons. The van der Waals surface area contributed by atoms with Crippen LogP contribution in [0.3, 0.4) is 0 Å². The number of thiol groups is 1. The highest BCUT2D eigenvalue weighted by atomic mass is 32.1. The summed E-state index contributed by atoms with van der Waals surface area (Å²) in [6.07, 6.45) is 1.16. The zero-order valence-electron chi connectivity index (χ0n) is 10.7. The molecule has 0 atom stereocenters. The molecule has 5 nitrogen and oxygen atoms in total. The van der Waals surface area contributed by atoms with Crippen molar-refractivity contribution in [1.82, 2.24) is 4.57 Å². The molecule has 1 aromatic heterocycles. The fourth-order valence-electron chi connectivity index (χ4n) is 1.88. The van der Waals surface area contributed by atoms with Gasteiger partial charge in [-0.15, -0.1) is 12.6 Å². The summed E-state index contributed by atoms with van der Waals surface area (Å²) in [6.45, 7) is 0. The lowest BCUT2D eigenvalue weighted by Gasteiger charge is -2.11. The molecule has 0 fully saturated rings. The van der Waals surface area contributed by atoms with Gasteiger partial charge in [-0.2, -0.15) is 5.26 Å². The number of esters is 1. The lowest BCUT2D eigenvalue weighted by Crippen LogP contribution is -2.12. The molecule has 2 aromatic rings. The van der Waals surface area contributed by atoms with E-state index in [0.29, 0.717) is 6.07 Å². The summed E-state index contributed by atoms with van der Waals surface area (Å²) in [5, 5.41) is 8.97. The minimum absolute atomic E-state index is 0.0353. The lowest BCUT2D eigenvalue weighted by atomic mass is 10.2. The number of methoxy groups -OCH3 is 1. The smallest absolute Gasteiger partial charge is 0.357 e. The Morgan fingerprint density at radius 3 is 2.67 bits per heavy atom. The molecule has 1 aromatic carbocycles. The van der Waals surface area contributed by atoms with Crippen LogP contribution in [-0.4, -0.2) is 17.6 Å². The normalized spacial score (nSPS) is 10.2. The number of benzene rings is 1. The lowest BCUT2D eigenvalue weighted by molar-refractivity contribution is 0.0593. The molecule has 0 amide bonds. The van der Waals surface area contributed by atoms with Crippen LogP contribution in [0, 0.1) is 23.0 Å². The van der Waals surface area contributed by atoms with E-state index >= 15 is 0 Å². The number of hydrogen-bond acceptors (Lipinski definition) is 5. The third kappa shape index (κ3) is 2.43. The van der Waals surface area contributed by atoms with Crippen LogP contribution in [-0.2, 0) is 4.74 Å². The van der Waals surface area contributed by atoms with Crippen LogP contribution in [0.4, 0.5) is 14.5 Å². The number of nitrogens with two attached hydrogens (primary N) is 1. The molecule has 2 N–H and O–H groups in total. The zero-order valence-corrected chi connectivity index (χ0v) is 11.6. The van der Waals surface area contributed by atoms with Crippen molar-refractivity contribution in [3.63, 3.8) is 0 Å². The zero-order chi connectivity index (χ0) is 15.7. The first-order valence-corrected chi connectivity index (χ1v) is 6.03. The van der Waals surface area contributed by atoms with E-state index in [-0.39, 0.29) is 27.5 Å². The summed E-state index contributed by atoms with van der Waals surface area (Å²) in [5.41, 5.74) is 5.08. The van der Waals surface area contributed by atoms with Crippen molar-refractivity contribution in [1.29, 1.82) is 5.26 Å². The molecule has 0 aliphatic heterocycles. The van der Waals surface area contributed by atoms with E-state index in [0.717, 1.165) is 23.9 Å². The Balaban J connectivity index is 2.82. The van der Waals surface area contributed by atoms with E-state index in [1.54, 1.807) is 6.07 Å². The van der Waals surface area contributed by atoms with Crippen molar-refractivity contribution in [3.05, 3.63) is 41.2 Å². The van der Waals surface area contributed by atoms with Crippen molar-refractivity contribution >= 4 is 24.3 Å². The highest BCUT2D eigenvalue weighted by Crippen LogP contribution is 2.30. The number of aromatic nitrogens is 1. The molecule has 0 aliphatic rings. The summed E-state index contributed by atoms with van der Waals surface area (Å²) >= 11 is 3.99. The van der Waals surface area contributed by atoms with Gasteiger partial charge in [0, 0.05) is 17.2 Å². The minimum atomic E-state index is -0.954. The number of nitrogen functional groups attached to an aromatic ring is 1. The predicted molar refractivity (Wildman–Crippen MR) is 73.4 cm³/mol. The molecule has 0 unspecified atom stereocenters. The van der Waals surface area contributed by atoms with Gasteiger partial charge in [-0.1, -0.05) is 0 Å². The quantitative estimate of drug-likeness (QED) is 0.659. The Morgan fingerprint density at radius 2 is 2.14 bits per heavy atom. The molecule has 0 saturated carbocycles. The first kappa shape index (κ1) is 14.9. The van der Waals surface area contributed by atoms with Crippen LogP contribution in [0.5, 0.6) is 0 Å². The van der Waals surface area contributed by atoms with Gasteiger partial charge in [0.25, 0.3) is 0 Å². The molecule has 0 aliphatic carbocycles. The highest BCUT2D eigenvalue weighted by Gasteiger charge is 2.24. The van der Waals surface area contributed by atoms with Gasteiger partial charge >= 0.3 is 5.97 Å². The second kappa shape index (κ2) is 5.46. The topological polar surface area (TPSA) is 81.0 Å². The highest BCUT2D eigenvalue weighted by molar-refractivity contribution is 7.80. The first-order valence-electron chi connectivity index (χ1n) is 5.58. The van der Waals surface area contributed by atoms with Gasteiger partial charge in [0.05, 0.1) is 24.0 Å². The summed E-state index contributed by atoms with van der Waals surface area (Å²) in [7, 11) is 1.12.